The Labute approximate surface area is 108 Å². The molecule has 0 heterocycles. The summed E-state index contributed by atoms with van der Waals surface area (Å²) in [7, 11) is 1.53. The third-order valence-corrected chi connectivity index (χ3v) is 3.31. The van der Waals surface area contributed by atoms with Crippen LogP contribution < -0.4 is 4.74 Å². The molecule has 0 fully saturated rings. The summed E-state index contributed by atoms with van der Waals surface area (Å²) in [6.45, 7) is 1.33. The molecule has 0 amide bonds. The van der Waals surface area contributed by atoms with E-state index in [1.54, 1.807) is 24.3 Å². The van der Waals surface area contributed by atoms with Crippen LogP contribution in [0.15, 0.2) is 24.3 Å². The lowest BCUT2D eigenvalue weighted by Gasteiger charge is -2.27. The second-order valence-electron chi connectivity index (χ2n) is 3.65. The first-order chi connectivity index (χ1) is 8.45. The molecule has 2 unspecified atom stereocenters. The first-order valence-corrected chi connectivity index (χ1v) is 6.20. The Kier molecular flexibility index (Phi) is 5.26. The SMILES string of the molecule is COc1ccc(CN(C(C)C(=O)O)S(=O)[O-])cc1. The second kappa shape index (κ2) is 6.48. The predicted octanol–water partition coefficient (Wildman–Crippen LogP) is 0.764. The van der Waals surface area contributed by atoms with E-state index in [1.165, 1.54) is 14.0 Å². The second-order valence-corrected chi connectivity index (χ2v) is 4.56. The van der Waals surface area contributed by atoms with Crippen molar-refractivity contribution < 1.29 is 23.4 Å². The summed E-state index contributed by atoms with van der Waals surface area (Å²) in [6, 6.07) is 5.64. The van der Waals surface area contributed by atoms with Crippen LogP contribution >= 0.6 is 0 Å². The van der Waals surface area contributed by atoms with Crippen LogP contribution in [0.4, 0.5) is 0 Å². The van der Waals surface area contributed by atoms with Gasteiger partial charge in [-0.3, -0.25) is 9.00 Å². The highest BCUT2D eigenvalue weighted by molar-refractivity contribution is 7.76. The molecule has 7 heteroatoms. The van der Waals surface area contributed by atoms with E-state index < -0.39 is 23.3 Å². The molecule has 0 radical (unpaired) electrons. The zero-order valence-corrected chi connectivity index (χ0v) is 10.8. The van der Waals surface area contributed by atoms with E-state index in [1.807, 2.05) is 0 Å². The molecule has 1 aromatic carbocycles. The minimum Gasteiger partial charge on any atom is -0.760 e. The lowest BCUT2D eigenvalue weighted by Crippen LogP contribution is -2.39. The number of aliphatic carboxylic acids is 1. The molecule has 0 saturated carbocycles. The molecule has 6 nitrogen and oxygen atoms in total. The van der Waals surface area contributed by atoms with Gasteiger partial charge in [0.2, 0.25) is 0 Å². The van der Waals surface area contributed by atoms with Gasteiger partial charge < -0.3 is 14.4 Å². The van der Waals surface area contributed by atoms with Gasteiger partial charge in [0.05, 0.1) is 7.11 Å². The maximum absolute atomic E-state index is 11.0. The third kappa shape index (κ3) is 3.80. The Bertz CT molecular complexity index is 434. The molecule has 0 aliphatic carbocycles. The molecule has 0 bridgehead atoms. The Morgan fingerprint density at radius 1 is 1.50 bits per heavy atom. The fourth-order valence-corrected chi connectivity index (χ4v) is 1.96. The van der Waals surface area contributed by atoms with Gasteiger partial charge in [0, 0.05) is 17.8 Å². The zero-order valence-electron chi connectivity index (χ0n) is 10.0. The van der Waals surface area contributed by atoms with Crippen LogP contribution in [0.3, 0.4) is 0 Å². The Balaban J connectivity index is 2.83. The van der Waals surface area contributed by atoms with Gasteiger partial charge in [-0.15, -0.1) is 0 Å². The molecule has 100 valence electrons. The van der Waals surface area contributed by atoms with Gasteiger partial charge in [-0.2, -0.15) is 0 Å². The molecule has 1 rings (SSSR count). The number of carboxylic acid groups (broad SMARTS) is 1. The fourth-order valence-electron chi connectivity index (χ4n) is 1.35. The van der Waals surface area contributed by atoms with Crippen LogP contribution in [0.25, 0.3) is 0 Å². The van der Waals surface area contributed by atoms with Gasteiger partial charge >= 0.3 is 5.97 Å². The maximum Gasteiger partial charge on any atom is 0.321 e. The van der Waals surface area contributed by atoms with E-state index in [0.717, 1.165) is 4.31 Å². The van der Waals surface area contributed by atoms with Crippen molar-refractivity contribution >= 4 is 17.2 Å². The summed E-state index contributed by atoms with van der Waals surface area (Å²) < 4.78 is 27.9. The van der Waals surface area contributed by atoms with Crippen LogP contribution in [0.5, 0.6) is 5.75 Å². The van der Waals surface area contributed by atoms with Crippen LogP contribution in [-0.2, 0) is 22.6 Å². The van der Waals surface area contributed by atoms with Crippen LogP contribution in [-0.4, -0.2) is 37.3 Å². The monoisotopic (exact) mass is 272 g/mol. The van der Waals surface area contributed by atoms with E-state index in [-0.39, 0.29) is 6.54 Å². The summed E-state index contributed by atoms with van der Waals surface area (Å²) in [6.07, 6.45) is 0. The van der Waals surface area contributed by atoms with Gasteiger partial charge in [0.1, 0.15) is 11.8 Å². The molecule has 0 saturated heterocycles. The quantitative estimate of drug-likeness (QED) is 0.772. The van der Waals surface area contributed by atoms with E-state index in [0.29, 0.717) is 11.3 Å². The molecule has 0 aliphatic rings. The summed E-state index contributed by atoms with van der Waals surface area (Å²) in [4.78, 5) is 10.8. The van der Waals surface area contributed by atoms with Gasteiger partial charge in [0.25, 0.3) is 0 Å². The van der Waals surface area contributed by atoms with Crippen molar-refractivity contribution in [1.82, 2.24) is 4.31 Å². The average Bonchev–Trinajstić information content (AvgIpc) is 2.35. The van der Waals surface area contributed by atoms with Crippen molar-refractivity contribution in [3.8, 4) is 5.75 Å². The number of carboxylic acids is 1. The van der Waals surface area contributed by atoms with Crippen molar-refractivity contribution in [2.24, 2.45) is 0 Å². The van der Waals surface area contributed by atoms with E-state index in [9.17, 15) is 13.6 Å². The van der Waals surface area contributed by atoms with Gasteiger partial charge in [-0.1, -0.05) is 12.1 Å². The fraction of sp³-hybridized carbons (Fsp3) is 0.364. The third-order valence-electron chi connectivity index (χ3n) is 2.48. The predicted molar refractivity (Wildman–Crippen MR) is 64.6 cm³/mol. The van der Waals surface area contributed by atoms with Crippen molar-refractivity contribution in [2.75, 3.05) is 7.11 Å². The Morgan fingerprint density at radius 3 is 2.44 bits per heavy atom. The molecular weight excluding hydrogens is 258 g/mol. The Morgan fingerprint density at radius 2 is 2.06 bits per heavy atom. The molecular formula is C11H14NO5S-. The topological polar surface area (TPSA) is 89.9 Å². The number of hydrogen-bond acceptors (Lipinski definition) is 4. The van der Waals surface area contributed by atoms with Gasteiger partial charge in [-0.05, 0) is 24.6 Å². The maximum atomic E-state index is 11.0. The summed E-state index contributed by atoms with van der Waals surface area (Å²) >= 11 is -2.59. The molecule has 0 aliphatic heterocycles. The molecule has 1 N–H and O–H groups in total. The zero-order chi connectivity index (χ0) is 13.7. The average molecular weight is 272 g/mol. The number of carbonyl (C=O) groups is 1. The molecule has 2 atom stereocenters. The lowest BCUT2D eigenvalue weighted by molar-refractivity contribution is -0.141. The van der Waals surface area contributed by atoms with Crippen LogP contribution in [0.1, 0.15) is 12.5 Å². The standard InChI is InChI=1S/C11H15NO5S/c1-8(11(13)14)12(18(15)16)7-9-3-5-10(17-2)6-4-9/h3-6,8H,7H2,1-2H3,(H,13,14)(H,15,16)/p-1. The first kappa shape index (κ1) is 14.6. The molecule has 1 aromatic rings. The normalized spacial score (nSPS) is 14.2. The highest BCUT2D eigenvalue weighted by Gasteiger charge is 2.21. The molecule has 18 heavy (non-hydrogen) atoms. The number of hydrogen-bond donors (Lipinski definition) is 1. The highest BCUT2D eigenvalue weighted by atomic mass is 32.2. The number of benzene rings is 1. The van der Waals surface area contributed by atoms with Crippen LogP contribution in [0, 0.1) is 0 Å². The number of ether oxygens (including phenoxy) is 1. The smallest absolute Gasteiger partial charge is 0.321 e. The number of methoxy groups -OCH3 is 1. The van der Waals surface area contributed by atoms with E-state index >= 15 is 0 Å². The minimum absolute atomic E-state index is 0.00751. The largest absolute Gasteiger partial charge is 0.760 e. The molecule has 0 aromatic heterocycles. The molecule has 0 spiro atoms. The Hall–Kier alpha value is -1.44. The summed E-state index contributed by atoms with van der Waals surface area (Å²) in [5.41, 5.74) is 0.688. The minimum atomic E-state index is -2.59. The van der Waals surface area contributed by atoms with Crippen molar-refractivity contribution in [3.05, 3.63) is 29.8 Å². The van der Waals surface area contributed by atoms with Crippen molar-refractivity contribution in [1.29, 1.82) is 0 Å². The van der Waals surface area contributed by atoms with Crippen molar-refractivity contribution in [2.45, 2.75) is 19.5 Å². The van der Waals surface area contributed by atoms with E-state index in [4.69, 9.17) is 9.84 Å². The number of nitrogens with zero attached hydrogens (tertiary/aromatic N) is 1. The summed E-state index contributed by atoms with van der Waals surface area (Å²) in [5.74, 6) is -0.535. The van der Waals surface area contributed by atoms with E-state index in [2.05, 4.69) is 0 Å². The highest BCUT2D eigenvalue weighted by Crippen LogP contribution is 2.15. The van der Waals surface area contributed by atoms with Gasteiger partial charge in [-0.25, -0.2) is 4.31 Å². The van der Waals surface area contributed by atoms with Gasteiger partial charge in [0.15, 0.2) is 0 Å². The van der Waals surface area contributed by atoms with Crippen molar-refractivity contribution in [3.63, 3.8) is 0 Å². The first-order valence-electron chi connectivity index (χ1n) is 5.17. The lowest BCUT2D eigenvalue weighted by atomic mass is 10.2. The summed E-state index contributed by atoms with van der Waals surface area (Å²) in [5, 5.41) is 8.83. The van der Waals surface area contributed by atoms with Crippen LogP contribution in [0.2, 0.25) is 0 Å². The number of rotatable bonds is 6.